The van der Waals surface area contributed by atoms with Gasteiger partial charge in [-0.1, -0.05) is 24.3 Å². The number of nitrogens with one attached hydrogen (secondary N) is 2. The number of halogens is 1. The van der Waals surface area contributed by atoms with Crippen molar-refractivity contribution in [1.29, 1.82) is 0 Å². The molecule has 0 atom stereocenters. The van der Waals surface area contributed by atoms with E-state index in [9.17, 15) is 17.6 Å². The fraction of sp³-hybridized carbons (Fsp3) is 0.208. The van der Waals surface area contributed by atoms with Crippen molar-refractivity contribution >= 4 is 27.0 Å². The topological polar surface area (TPSA) is 106 Å². The van der Waals surface area contributed by atoms with Gasteiger partial charge >= 0.3 is 0 Å². The molecule has 2 aromatic heterocycles. The zero-order chi connectivity index (χ0) is 24.3. The normalized spacial score (nSPS) is 11.8. The zero-order valence-corrected chi connectivity index (χ0v) is 19.5. The fourth-order valence-electron chi connectivity index (χ4n) is 3.46. The average molecular weight is 482 g/mol. The minimum atomic E-state index is -3.82. The van der Waals surface area contributed by atoms with E-state index in [1.807, 2.05) is 13.8 Å². The number of amides is 1. The highest BCUT2D eigenvalue weighted by molar-refractivity contribution is 7.89. The summed E-state index contributed by atoms with van der Waals surface area (Å²) in [5.41, 5.74) is 2.21. The number of carbonyl (C=O) groups is 1. The molecular weight excluding hydrogens is 457 g/mol. The standard InChI is InChI=1S/C24H24FN5O3S/c1-16(2)30-23-19(15-28-30)11-20(14-26-23)24(31)27-12-18-6-4-8-22(10-18)34(32,33)29-13-17-5-3-7-21(25)9-17/h3-11,14-16,29H,12-13H2,1-2H3,(H,27,31). The maximum Gasteiger partial charge on any atom is 0.253 e. The van der Waals surface area contributed by atoms with Crippen LogP contribution in [0.25, 0.3) is 11.0 Å². The summed E-state index contributed by atoms with van der Waals surface area (Å²) in [6.07, 6.45) is 3.17. The summed E-state index contributed by atoms with van der Waals surface area (Å²) in [6, 6.07) is 13.9. The molecule has 10 heteroatoms. The van der Waals surface area contributed by atoms with Gasteiger partial charge in [-0.25, -0.2) is 27.2 Å². The first-order valence-electron chi connectivity index (χ1n) is 10.7. The van der Waals surface area contributed by atoms with Crippen molar-refractivity contribution in [2.24, 2.45) is 0 Å². The maximum atomic E-state index is 13.3. The Hall–Kier alpha value is -3.63. The molecule has 0 aliphatic rings. The van der Waals surface area contributed by atoms with Crippen LogP contribution in [0, 0.1) is 5.82 Å². The minimum Gasteiger partial charge on any atom is -0.348 e. The van der Waals surface area contributed by atoms with Crippen LogP contribution in [0.4, 0.5) is 4.39 Å². The highest BCUT2D eigenvalue weighted by atomic mass is 32.2. The van der Waals surface area contributed by atoms with Crippen molar-refractivity contribution in [2.75, 3.05) is 0 Å². The third-order valence-electron chi connectivity index (χ3n) is 5.20. The number of hydrogen-bond donors (Lipinski definition) is 2. The summed E-state index contributed by atoms with van der Waals surface area (Å²) >= 11 is 0. The lowest BCUT2D eigenvalue weighted by atomic mass is 10.2. The molecule has 2 heterocycles. The van der Waals surface area contributed by atoms with Gasteiger partial charge in [-0.3, -0.25) is 4.79 Å². The molecule has 8 nitrogen and oxygen atoms in total. The van der Waals surface area contributed by atoms with Gasteiger partial charge in [0, 0.05) is 30.7 Å². The van der Waals surface area contributed by atoms with Crippen LogP contribution >= 0.6 is 0 Å². The Morgan fingerprint density at radius 2 is 1.76 bits per heavy atom. The molecule has 34 heavy (non-hydrogen) atoms. The van der Waals surface area contributed by atoms with Gasteiger partial charge in [-0.05, 0) is 55.3 Å². The van der Waals surface area contributed by atoms with Crippen molar-refractivity contribution in [2.45, 2.75) is 37.9 Å². The largest absolute Gasteiger partial charge is 0.348 e. The minimum absolute atomic E-state index is 0.0378. The molecule has 2 aromatic carbocycles. The lowest BCUT2D eigenvalue weighted by molar-refractivity contribution is 0.0950. The Kier molecular flexibility index (Phi) is 6.71. The molecule has 0 aliphatic heterocycles. The van der Waals surface area contributed by atoms with Crippen molar-refractivity contribution in [3.63, 3.8) is 0 Å². The molecule has 0 saturated carbocycles. The van der Waals surface area contributed by atoms with E-state index in [0.717, 1.165) is 5.39 Å². The van der Waals surface area contributed by atoms with Crippen molar-refractivity contribution in [3.8, 4) is 0 Å². The molecule has 4 rings (SSSR count). The van der Waals surface area contributed by atoms with Gasteiger partial charge in [-0.15, -0.1) is 0 Å². The number of pyridine rings is 1. The van der Waals surface area contributed by atoms with Gasteiger partial charge in [-0.2, -0.15) is 5.10 Å². The van der Waals surface area contributed by atoms with Crippen molar-refractivity contribution in [3.05, 3.63) is 89.5 Å². The van der Waals surface area contributed by atoms with Gasteiger partial charge in [0.15, 0.2) is 5.65 Å². The van der Waals surface area contributed by atoms with Crippen LogP contribution in [0.5, 0.6) is 0 Å². The number of hydrogen-bond acceptors (Lipinski definition) is 5. The van der Waals surface area contributed by atoms with Crippen LogP contribution < -0.4 is 10.0 Å². The number of benzene rings is 2. The van der Waals surface area contributed by atoms with Crippen LogP contribution in [0.3, 0.4) is 0 Å². The molecule has 0 aliphatic carbocycles. The molecule has 1 amide bonds. The van der Waals surface area contributed by atoms with Crippen molar-refractivity contribution < 1.29 is 17.6 Å². The number of rotatable bonds is 8. The van der Waals surface area contributed by atoms with Gasteiger partial charge < -0.3 is 5.32 Å². The molecule has 2 N–H and O–H groups in total. The Balaban J connectivity index is 1.42. The van der Waals surface area contributed by atoms with Crippen LogP contribution in [0.1, 0.15) is 41.4 Å². The summed E-state index contributed by atoms with van der Waals surface area (Å²) in [6.45, 7) is 4.10. The van der Waals surface area contributed by atoms with E-state index in [4.69, 9.17) is 0 Å². The molecule has 0 bridgehead atoms. The molecule has 0 fully saturated rings. The van der Waals surface area contributed by atoms with Crippen LogP contribution in [-0.2, 0) is 23.1 Å². The maximum absolute atomic E-state index is 13.3. The second-order valence-corrected chi connectivity index (χ2v) is 9.87. The Bertz CT molecular complexity index is 1450. The van der Waals surface area contributed by atoms with E-state index < -0.39 is 15.8 Å². The van der Waals surface area contributed by atoms with Gasteiger partial charge in [0.25, 0.3) is 5.91 Å². The van der Waals surface area contributed by atoms with Gasteiger partial charge in [0.2, 0.25) is 10.0 Å². The van der Waals surface area contributed by atoms with Gasteiger partial charge in [0.1, 0.15) is 5.82 Å². The highest BCUT2D eigenvalue weighted by Crippen LogP contribution is 2.17. The monoisotopic (exact) mass is 481 g/mol. The fourth-order valence-corrected chi connectivity index (χ4v) is 4.55. The smallest absolute Gasteiger partial charge is 0.253 e. The second-order valence-electron chi connectivity index (χ2n) is 8.10. The number of carbonyl (C=O) groups excluding carboxylic acids is 1. The Morgan fingerprint density at radius 3 is 2.50 bits per heavy atom. The lowest BCUT2D eigenvalue weighted by Crippen LogP contribution is -2.25. The average Bonchev–Trinajstić information content (AvgIpc) is 3.25. The summed E-state index contributed by atoms with van der Waals surface area (Å²) in [5.74, 6) is -0.762. The summed E-state index contributed by atoms with van der Waals surface area (Å²) in [7, 11) is -3.82. The molecule has 4 aromatic rings. The lowest BCUT2D eigenvalue weighted by Gasteiger charge is -2.10. The van der Waals surface area contributed by atoms with Crippen LogP contribution in [0.2, 0.25) is 0 Å². The summed E-state index contributed by atoms with van der Waals surface area (Å²) in [4.78, 5) is 17.1. The summed E-state index contributed by atoms with van der Waals surface area (Å²) in [5, 5.41) is 7.85. The van der Waals surface area contributed by atoms with Gasteiger partial charge in [0.05, 0.1) is 16.7 Å². The van der Waals surface area contributed by atoms with E-state index >= 15 is 0 Å². The summed E-state index contributed by atoms with van der Waals surface area (Å²) < 4.78 is 42.9. The van der Waals surface area contributed by atoms with E-state index in [0.29, 0.717) is 22.3 Å². The predicted molar refractivity (Wildman–Crippen MR) is 126 cm³/mol. The number of aromatic nitrogens is 3. The predicted octanol–water partition coefficient (Wildman–Crippen LogP) is 3.56. The first-order valence-corrected chi connectivity index (χ1v) is 12.2. The SMILES string of the molecule is CC(C)n1ncc2cc(C(=O)NCc3cccc(S(=O)(=O)NCc4cccc(F)c4)c3)cnc21. The Morgan fingerprint density at radius 1 is 1.03 bits per heavy atom. The number of sulfonamides is 1. The molecule has 0 radical (unpaired) electrons. The van der Waals surface area contributed by atoms with E-state index in [1.54, 1.807) is 35.1 Å². The van der Waals surface area contributed by atoms with Crippen molar-refractivity contribution in [1.82, 2.24) is 24.8 Å². The van der Waals surface area contributed by atoms with Crippen LogP contribution in [-0.4, -0.2) is 29.1 Å². The van der Waals surface area contributed by atoms with E-state index in [1.165, 1.54) is 36.5 Å². The molecule has 0 unspecified atom stereocenters. The zero-order valence-electron chi connectivity index (χ0n) is 18.7. The van der Waals surface area contributed by atoms with E-state index in [-0.39, 0.29) is 29.9 Å². The quantitative estimate of drug-likeness (QED) is 0.400. The first kappa shape index (κ1) is 23.5. The number of nitrogens with zero attached hydrogens (tertiary/aromatic N) is 3. The first-order chi connectivity index (χ1) is 16.2. The third-order valence-corrected chi connectivity index (χ3v) is 6.60. The van der Waals surface area contributed by atoms with E-state index in [2.05, 4.69) is 20.1 Å². The molecular formula is C24H24FN5O3S. The molecule has 0 saturated heterocycles. The third kappa shape index (κ3) is 5.29. The number of fused-ring (bicyclic) bond motifs is 1. The highest BCUT2D eigenvalue weighted by Gasteiger charge is 2.15. The second kappa shape index (κ2) is 9.70. The van der Waals surface area contributed by atoms with Crippen LogP contribution in [0.15, 0.2) is 71.9 Å². The Labute approximate surface area is 196 Å². The molecule has 0 spiro atoms. The molecule has 176 valence electrons.